The first-order chi connectivity index (χ1) is 10.9. The second-order valence-corrected chi connectivity index (χ2v) is 6.29. The quantitative estimate of drug-likeness (QED) is 0.752. The van der Waals surface area contributed by atoms with Crippen LogP contribution in [0.25, 0.3) is 11.0 Å². The zero-order valence-corrected chi connectivity index (χ0v) is 14.2. The molecule has 1 N–H and O–H groups in total. The fourth-order valence-electron chi connectivity index (χ4n) is 2.37. The lowest BCUT2D eigenvalue weighted by Crippen LogP contribution is -2.18. The van der Waals surface area contributed by atoms with Crippen LogP contribution < -0.4 is 5.32 Å². The van der Waals surface area contributed by atoms with Crippen LogP contribution in [0.5, 0.6) is 0 Å². The number of hydrogen-bond acceptors (Lipinski definition) is 2. The van der Waals surface area contributed by atoms with E-state index in [4.69, 9.17) is 23.2 Å². The first kappa shape index (κ1) is 15.8. The van der Waals surface area contributed by atoms with E-state index in [2.05, 4.69) is 10.3 Å². The molecule has 0 unspecified atom stereocenters. The Morgan fingerprint density at radius 1 is 1.13 bits per heavy atom. The lowest BCUT2D eigenvalue weighted by Gasteiger charge is -2.08. The van der Waals surface area contributed by atoms with E-state index in [9.17, 15) is 4.79 Å². The number of nitrogens with zero attached hydrogens (tertiary/aromatic N) is 2. The van der Waals surface area contributed by atoms with Crippen LogP contribution in [0.3, 0.4) is 0 Å². The maximum absolute atomic E-state index is 12.2. The van der Waals surface area contributed by atoms with Gasteiger partial charge >= 0.3 is 0 Å². The highest BCUT2D eigenvalue weighted by atomic mass is 35.5. The van der Waals surface area contributed by atoms with Gasteiger partial charge < -0.3 is 9.88 Å². The summed E-state index contributed by atoms with van der Waals surface area (Å²) >= 11 is 11.8. The Hall–Kier alpha value is -2.04. The average Bonchev–Trinajstić information content (AvgIpc) is 2.86. The maximum Gasteiger partial charge on any atom is 0.244 e. The number of imidazole rings is 1. The van der Waals surface area contributed by atoms with Gasteiger partial charge in [0, 0.05) is 5.69 Å². The smallest absolute Gasteiger partial charge is 0.244 e. The van der Waals surface area contributed by atoms with E-state index in [0.717, 1.165) is 11.0 Å². The number of rotatable bonds is 3. The van der Waals surface area contributed by atoms with E-state index in [-0.39, 0.29) is 12.5 Å². The summed E-state index contributed by atoms with van der Waals surface area (Å²) in [6, 6.07) is 9.06. The second-order valence-electron chi connectivity index (χ2n) is 5.47. The van der Waals surface area contributed by atoms with E-state index in [1.54, 1.807) is 24.5 Å². The molecule has 1 heterocycles. The van der Waals surface area contributed by atoms with Crippen LogP contribution in [0, 0.1) is 13.8 Å². The van der Waals surface area contributed by atoms with Crippen molar-refractivity contribution in [3.8, 4) is 0 Å². The molecule has 6 heteroatoms. The molecule has 3 aromatic rings. The van der Waals surface area contributed by atoms with Gasteiger partial charge in [-0.1, -0.05) is 23.2 Å². The van der Waals surface area contributed by atoms with Gasteiger partial charge in [0.1, 0.15) is 6.54 Å². The van der Waals surface area contributed by atoms with Crippen LogP contribution in [0.2, 0.25) is 10.0 Å². The number of nitrogens with one attached hydrogen (secondary N) is 1. The van der Waals surface area contributed by atoms with E-state index in [1.807, 2.05) is 30.5 Å². The van der Waals surface area contributed by atoms with E-state index in [1.165, 1.54) is 11.1 Å². The molecule has 0 aliphatic heterocycles. The van der Waals surface area contributed by atoms with Crippen molar-refractivity contribution in [2.24, 2.45) is 0 Å². The largest absolute Gasteiger partial charge is 0.324 e. The summed E-state index contributed by atoms with van der Waals surface area (Å²) in [5.41, 5.74) is 4.79. The predicted molar refractivity (Wildman–Crippen MR) is 94.3 cm³/mol. The van der Waals surface area contributed by atoms with Crippen molar-refractivity contribution in [2.75, 3.05) is 5.32 Å². The van der Waals surface area contributed by atoms with E-state index in [0.29, 0.717) is 15.7 Å². The standard InChI is InChI=1S/C17H15Cl2N3O/c1-10-5-15-16(6-11(10)2)22(9-20-15)8-17(23)21-12-3-4-13(18)14(19)7-12/h3-7,9H,8H2,1-2H3,(H,21,23). The third-order valence-electron chi connectivity index (χ3n) is 3.75. The number of benzene rings is 2. The molecule has 0 aliphatic carbocycles. The Balaban J connectivity index is 1.80. The van der Waals surface area contributed by atoms with Gasteiger partial charge in [0.15, 0.2) is 0 Å². The van der Waals surface area contributed by atoms with Gasteiger partial charge in [-0.25, -0.2) is 4.98 Å². The van der Waals surface area contributed by atoms with Gasteiger partial charge in [-0.05, 0) is 55.3 Å². The summed E-state index contributed by atoms with van der Waals surface area (Å²) in [5.74, 6) is -0.152. The number of hydrogen-bond donors (Lipinski definition) is 1. The number of carbonyl (C=O) groups excluding carboxylic acids is 1. The summed E-state index contributed by atoms with van der Waals surface area (Å²) < 4.78 is 1.83. The molecule has 0 aliphatic rings. The molecule has 0 bridgehead atoms. The molecule has 0 radical (unpaired) electrons. The monoisotopic (exact) mass is 347 g/mol. The molecule has 4 nitrogen and oxygen atoms in total. The van der Waals surface area contributed by atoms with Crippen molar-refractivity contribution < 1.29 is 4.79 Å². The highest BCUT2D eigenvalue weighted by molar-refractivity contribution is 6.42. The van der Waals surface area contributed by atoms with Gasteiger partial charge in [0.25, 0.3) is 0 Å². The summed E-state index contributed by atoms with van der Waals surface area (Å²) in [4.78, 5) is 16.6. The molecule has 118 valence electrons. The molecule has 0 fully saturated rings. The molecule has 3 rings (SSSR count). The van der Waals surface area contributed by atoms with Crippen molar-refractivity contribution in [3.63, 3.8) is 0 Å². The lowest BCUT2D eigenvalue weighted by atomic mass is 10.1. The minimum absolute atomic E-state index is 0.152. The first-order valence-corrected chi connectivity index (χ1v) is 7.86. The third kappa shape index (κ3) is 3.33. The lowest BCUT2D eigenvalue weighted by molar-refractivity contribution is -0.116. The summed E-state index contributed by atoms with van der Waals surface area (Å²) in [7, 11) is 0. The van der Waals surface area contributed by atoms with Gasteiger partial charge in [0.2, 0.25) is 5.91 Å². The fraction of sp³-hybridized carbons (Fsp3) is 0.176. The zero-order chi connectivity index (χ0) is 16.6. The molecule has 23 heavy (non-hydrogen) atoms. The number of aryl methyl sites for hydroxylation is 2. The van der Waals surface area contributed by atoms with Crippen LogP contribution in [0.4, 0.5) is 5.69 Å². The molecule has 1 amide bonds. The summed E-state index contributed by atoms with van der Waals surface area (Å²) in [5, 5.41) is 3.67. The van der Waals surface area contributed by atoms with E-state index < -0.39 is 0 Å². The molecule has 1 aromatic heterocycles. The highest BCUT2D eigenvalue weighted by Gasteiger charge is 2.10. The van der Waals surface area contributed by atoms with Crippen molar-refractivity contribution in [1.82, 2.24) is 9.55 Å². The third-order valence-corrected chi connectivity index (χ3v) is 4.49. The second kappa shape index (κ2) is 6.22. The molecular formula is C17H15Cl2N3O. The van der Waals surface area contributed by atoms with Crippen molar-refractivity contribution >= 4 is 45.8 Å². The number of anilines is 1. The number of carbonyl (C=O) groups is 1. The van der Waals surface area contributed by atoms with Gasteiger partial charge in [0.05, 0.1) is 27.4 Å². The molecule has 0 saturated heterocycles. The Bertz CT molecular complexity index is 902. The van der Waals surface area contributed by atoms with Crippen molar-refractivity contribution in [3.05, 3.63) is 57.8 Å². The summed E-state index contributed by atoms with van der Waals surface area (Å²) in [6.45, 7) is 4.27. The van der Waals surface area contributed by atoms with E-state index >= 15 is 0 Å². The zero-order valence-electron chi connectivity index (χ0n) is 12.7. The molecule has 0 saturated carbocycles. The Morgan fingerprint density at radius 3 is 2.61 bits per heavy atom. The Kier molecular flexibility index (Phi) is 4.28. The van der Waals surface area contributed by atoms with Gasteiger partial charge in [-0.15, -0.1) is 0 Å². The van der Waals surface area contributed by atoms with Gasteiger partial charge in [-0.3, -0.25) is 4.79 Å². The molecule has 0 spiro atoms. The normalized spacial score (nSPS) is 11.0. The Morgan fingerprint density at radius 2 is 1.87 bits per heavy atom. The first-order valence-electron chi connectivity index (χ1n) is 7.11. The minimum Gasteiger partial charge on any atom is -0.324 e. The van der Waals surface area contributed by atoms with Crippen LogP contribution in [0.15, 0.2) is 36.7 Å². The average molecular weight is 348 g/mol. The minimum atomic E-state index is -0.152. The summed E-state index contributed by atoms with van der Waals surface area (Å²) in [6.07, 6.45) is 1.68. The van der Waals surface area contributed by atoms with Crippen LogP contribution in [0.1, 0.15) is 11.1 Å². The predicted octanol–water partition coefficient (Wildman–Crippen LogP) is 4.60. The molecular weight excluding hydrogens is 333 g/mol. The Labute approximate surface area is 144 Å². The molecule has 0 atom stereocenters. The SMILES string of the molecule is Cc1cc2ncn(CC(=O)Nc3ccc(Cl)c(Cl)c3)c2cc1C. The highest BCUT2D eigenvalue weighted by Crippen LogP contribution is 2.25. The van der Waals surface area contributed by atoms with Crippen molar-refractivity contribution in [1.29, 1.82) is 0 Å². The number of fused-ring (bicyclic) bond motifs is 1. The van der Waals surface area contributed by atoms with Crippen molar-refractivity contribution in [2.45, 2.75) is 20.4 Å². The topological polar surface area (TPSA) is 46.9 Å². The number of aromatic nitrogens is 2. The van der Waals surface area contributed by atoms with Gasteiger partial charge in [-0.2, -0.15) is 0 Å². The number of halogens is 2. The van der Waals surface area contributed by atoms with Crippen LogP contribution >= 0.6 is 23.2 Å². The molecule has 2 aromatic carbocycles. The number of amides is 1. The van der Waals surface area contributed by atoms with Crippen LogP contribution in [-0.2, 0) is 11.3 Å². The maximum atomic E-state index is 12.2. The van der Waals surface area contributed by atoms with Crippen LogP contribution in [-0.4, -0.2) is 15.5 Å². The fourth-order valence-corrected chi connectivity index (χ4v) is 2.67.